The van der Waals surface area contributed by atoms with Gasteiger partial charge in [0.2, 0.25) is 0 Å². The van der Waals surface area contributed by atoms with E-state index in [1.165, 1.54) is 25.7 Å². The Bertz CT molecular complexity index is 149. The van der Waals surface area contributed by atoms with E-state index in [4.69, 9.17) is 9.84 Å². The molecule has 0 bridgehead atoms. The van der Waals surface area contributed by atoms with Crippen LogP contribution < -0.4 is 5.32 Å². The van der Waals surface area contributed by atoms with Crippen LogP contribution in [-0.4, -0.2) is 37.0 Å². The van der Waals surface area contributed by atoms with Crippen LogP contribution in [0.3, 0.4) is 0 Å². The monoisotopic (exact) mass is 201 g/mol. The Morgan fingerprint density at radius 2 is 2.07 bits per heavy atom. The third kappa shape index (κ3) is 3.56. The van der Waals surface area contributed by atoms with Crippen molar-refractivity contribution in [3.63, 3.8) is 0 Å². The number of methoxy groups -OCH3 is 1. The van der Waals surface area contributed by atoms with E-state index in [2.05, 4.69) is 12.2 Å². The SMILES string of the molecule is COCC(C)(CCO)NC1CCCC1. The smallest absolute Gasteiger partial charge is 0.0642 e. The predicted octanol–water partition coefficient (Wildman–Crippen LogP) is 1.31. The molecule has 0 aromatic rings. The fourth-order valence-electron chi connectivity index (χ4n) is 2.31. The van der Waals surface area contributed by atoms with E-state index >= 15 is 0 Å². The molecule has 1 unspecified atom stereocenters. The lowest BCUT2D eigenvalue weighted by atomic mass is 9.97. The topological polar surface area (TPSA) is 41.5 Å². The molecular weight excluding hydrogens is 178 g/mol. The molecule has 3 heteroatoms. The number of aliphatic hydroxyl groups is 1. The fourth-order valence-corrected chi connectivity index (χ4v) is 2.31. The van der Waals surface area contributed by atoms with Crippen molar-refractivity contribution < 1.29 is 9.84 Å². The maximum Gasteiger partial charge on any atom is 0.0642 e. The third-order valence-electron chi connectivity index (χ3n) is 3.03. The Morgan fingerprint density at radius 1 is 1.43 bits per heavy atom. The first kappa shape index (κ1) is 12.0. The van der Waals surface area contributed by atoms with Crippen LogP contribution in [0.2, 0.25) is 0 Å². The van der Waals surface area contributed by atoms with Gasteiger partial charge in [0.25, 0.3) is 0 Å². The lowest BCUT2D eigenvalue weighted by molar-refractivity contribution is 0.0902. The van der Waals surface area contributed by atoms with Gasteiger partial charge in [-0.3, -0.25) is 0 Å². The van der Waals surface area contributed by atoms with Crippen LogP contribution in [0, 0.1) is 0 Å². The van der Waals surface area contributed by atoms with E-state index in [0.29, 0.717) is 12.6 Å². The van der Waals surface area contributed by atoms with Crippen molar-refractivity contribution in [2.75, 3.05) is 20.3 Å². The van der Waals surface area contributed by atoms with Gasteiger partial charge in [0, 0.05) is 25.3 Å². The molecule has 0 amide bonds. The molecule has 0 spiro atoms. The van der Waals surface area contributed by atoms with Crippen molar-refractivity contribution in [3.05, 3.63) is 0 Å². The summed E-state index contributed by atoms with van der Waals surface area (Å²) < 4.78 is 5.20. The molecule has 14 heavy (non-hydrogen) atoms. The Kier molecular flexibility index (Phi) is 4.85. The summed E-state index contributed by atoms with van der Waals surface area (Å²) in [5.74, 6) is 0. The predicted molar refractivity (Wildman–Crippen MR) is 57.4 cm³/mol. The van der Waals surface area contributed by atoms with E-state index in [0.717, 1.165) is 6.42 Å². The Hall–Kier alpha value is -0.120. The van der Waals surface area contributed by atoms with Crippen molar-refractivity contribution >= 4 is 0 Å². The maximum atomic E-state index is 9.01. The van der Waals surface area contributed by atoms with Crippen LogP contribution in [0.5, 0.6) is 0 Å². The molecule has 84 valence electrons. The first-order valence-corrected chi connectivity index (χ1v) is 5.58. The summed E-state index contributed by atoms with van der Waals surface area (Å²) in [4.78, 5) is 0. The molecule has 0 heterocycles. The number of hydrogen-bond acceptors (Lipinski definition) is 3. The second kappa shape index (κ2) is 5.69. The highest BCUT2D eigenvalue weighted by Crippen LogP contribution is 2.21. The lowest BCUT2D eigenvalue weighted by Crippen LogP contribution is -2.51. The van der Waals surface area contributed by atoms with E-state index in [1.54, 1.807) is 7.11 Å². The standard InChI is InChI=1S/C11H23NO2/c1-11(7-8-13,9-14-2)12-10-5-3-4-6-10/h10,12-13H,3-9H2,1-2H3. The van der Waals surface area contributed by atoms with Crippen LogP contribution in [0.1, 0.15) is 39.0 Å². The molecule has 0 saturated heterocycles. The zero-order valence-corrected chi connectivity index (χ0v) is 9.38. The van der Waals surface area contributed by atoms with E-state index in [1.807, 2.05) is 0 Å². The zero-order valence-electron chi connectivity index (χ0n) is 9.38. The summed E-state index contributed by atoms with van der Waals surface area (Å²) in [7, 11) is 1.71. The molecule has 3 nitrogen and oxygen atoms in total. The van der Waals surface area contributed by atoms with Gasteiger partial charge in [0.05, 0.1) is 6.61 Å². The first-order chi connectivity index (χ1) is 6.70. The van der Waals surface area contributed by atoms with Gasteiger partial charge < -0.3 is 15.2 Å². The Morgan fingerprint density at radius 3 is 2.57 bits per heavy atom. The summed E-state index contributed by atoms with van der Waals surface area (Å²) in [6.45, 7) is 3.02. The van der Waals surface area contributed by atoms with Gasteiger partial charge in [-0.15, -0.1) is 0 Å². The zero-order chi connectivity index (χ0) is 10.4. The lowest BCUT2D eigenvalue weighted by Gasteiger charge is -2.33. The van der Waals surface area contributed by atoms with Crippen molar-refractivity contribution in [3.8, 4) is 0 Å². The largest absolute Gasteiger partial charge is 0.396 e. The molecule has 1 fully saturated rings. The highest BCUT2D eigenvalue weighted by molar-refractivity contribution is 4.88. The van der Waals surface area contributed by atoms with Gasteiger partial charge in [-0.2, -0.15) is 0 Å². The Balaban J connectivity index is 2.39. The fraction of sp³-hybridized carbons (Fsp3) is 1.00. The van der Waals surface area contributed by atoms with Crippen LogP contribution in [0.4, 0.5) is 0 Å². The van der Waals surface area contributed by atoms with Crippen molar-refractivity contribution in [1.29, 1.82) is 0 Å². The van der Waals surface area contributed by atoms with Crippen LogP contribution in [0.25, 0.3) is 0 Å². The molecule has 2 N–H and O–H groups in total. The van der Waals surface area contributed by atoms with E-state index in [-0.39, 0.29) is 12.1 Å². The number of nitrogens with one attached hydrogen (secondary N) is 1. The highest BCUT2D eigenvalue weighted by Gasteiger charge is 2.28. The molecular formula is C11H23NO2. The second-order valence-electron chi connectivity index (χ2n) is 4.59. The van der Waals surface area contributed by atoms with Crippen LogP contribution >= 0.6 is 0 Å². The summed E-state index contributed by atoms with van der Waals surface area (Å²) in [6.07, 6.45) is 5.96. The van der Waals surface area contributed by atoms with Gasteiger partial charge in [-0.1, -0.05) is 12.8 Å². The van der Waals surface area contributed by atoms with Crippen LogP contribution in [0.15, 0.2) is 0 Å². The minimum atomic E-state index is -0.0570. The van der Waals surface area contributed by atoms with Crippen LogP contribution in [-0.2, 0) is 4.74 Å². The van der Waals surface area contributed by atoms with Crippen molar-refractivity contribution in [1.82, 2.24) is 5.32 Å². The number of aliphatic hydroxyl groups excluding tert-OH is 1. The van der Waals surface area contributed by atoms with Gasteiger partial charge in [0.15, 0.2) is 0 Å². The molecule has 1 aliphatic carbocycles. The molecule has 1 rings (SSSR count). The molecule has 1 atom stereocenters. The van der Waals surface area contributed by atoms with Gasteiger partial charge in [-0.25, -0.2) is 0 Å². The van der Waals surface area contributed by atoms with Crippen molar-refractivity contribution in [2.45, 2.75) is 50.6 Å². The van der Waals surface area contributed by atoms with Crippen molar-refractivity contribution in [2.24, 2.45) is 0 Å². The number of ether oxygens (including phenoxy) is 1. The molecule has 1 aliphatic rings. The number of rotatable bonds is 6. The first-order valence-electron chi connectivity index (χ1n) is 5.58. The average Bonchev–Trinajstić information content (AvgIpc) is 2.57. The molecule has 0 aromatic carbocycles. The number of hydrogen-bond donors (Lipinski definition) is 2. The molecule has 0 aliphatic heterocycles. The molecule has 0 aromatic heterocycles. The minimum Gasteiger partial charge on any atom is -0.396 e. The summed E-state index contributed by atoms with van der Waals surface area (Å²) in [5, 5.41) is 12.6. The summed E-state index contributed by atoms with van der Waals surface area (Å²) >= 11 is 0. The van der Waals surface area contributed by atoms with Gasteiger partial charge in [-0.05, 0) is 26.2 Å². The molecule has 1 saturated carbocycles. The third-order valence-corrected chi connectivity index (χ3v) is 3.03. The van der Waals surface area contributed by atoms with E-state index < -0.39 is 0 Å². The normalized spacial score (nSPS) is 22.5. The molecule has 0 radical (unpaired) electrons. The van der Waals surface area contributed by atoms with Gasteiger partial charge in [0.1, 0.15) is 0 Å². The maximum absolute atomic E-state index is 9.01. The van der Waals surface area contributed by atoms with E-state index in [9.17, 15) is 0 Å². The highest BCUT2D eigenvalue weighted by atomic mass is 16.5. The quantitative estimate of drug-likeness (QED) is 0.681. The minimum absolute atomic E-state index is 0.0570. The van der Waals surface area contributed by atoms with Gasteiger partial charge >= 0.3 is 0 Å². The second-order valence-corrected chi connectivity index (χ2v) is 4.59. The average molecular weight is 201 g/mol. The summed E-state index contributed by atoms with van der Waals surface area (Å²) in [5.41, 5.74) is -0.0570. The summed E-state index contributed by atoms with van der Waals surface area (Å²) in [6, 6.07) is 0.627. The Labute approximate surface area is 86.8 Å².